The Morgan fingerprint density at radius 3 is 2.90 bits per heavy atom. The van der Waals surface area contributed by atoms with Crippen LogP contribution in [-0.4, -0.2) is 26.9 Å². The second-order valence-electron chi connectivity index (χ2n) is 6.26. The highest BCUT2D eigenvalue weighted by Gasteiger charge is 2.20. The van der Waals surface area contributed by atoms with E-state index in [2.05, 4.69) is 37.4 Å². The summed E-state index contributed by atoms with van der Waals surface area (Å²) in [4.78, 5) is 0. The highest BCUT2D eigenvalue weighted by atomic mass is 16.5. The fourth-order valence-electron chi connectivity index (χ4n) is 2.84. The molecular weight excluding hydrogens is 262 g/mol. The minimum absolute atomic E-state index is 0.442. The Balaban J connectivity index is 1.80. The van der Waals surface area contributed by atoms with Crippen molar-refractivity contribution in [2.24, 2.45) is 5.92 Å². The third kappa shape index (κ3) is 5.01. The standard InChI is InChI=1S/C18H29NO2/c1-14(2)9-11-21-12-10-19-18-6-4-5-15-7-8-16(20-3)13-17(15)18/h7-8,13-14,18-19H,4-6,9-12H2,1-3H3. The number of methoxy groups -OCH3 is 1. The van der Waals surface area contributed by atoms with E-state index in [0.29, 0.717) is 6.04 Å². The molecule has 0 fully saturated rings. The number of aryl methyl sites for hydroxylation is 1. The average Bonchev–Trinajstić information content (AvgIpc) is 2.50. The first kappa shape index (κ1) is 16.3. The Hall–Kier alpha value is -1.06. The number of benzene rings is 1. The molecule has 0 heterocycles. The van der Waals surface area contributed by atoms with Crippen LogP contribution in [0.15, 0.2) is 18.2 Å². The molecule has 1 N–H and O–H groups in total. The van der Waals surface area contributed by atoms with Gasteiger partial charge >= 0.3 is 0 Å². The quantitative estimate of drug-likeness (QED) is 0.740. The molecule has 1 unspecified atom stereocenters. The van der Waals surface area contributed by atoms with E-state index in [0.717, 1.165) is 37.8 Å². The lowest BCUT2D eigenvalue weighted by atomic mass is 9.87. The molecule has 3 heteroatoms. The third-order valence-electron chi connectivity index (χ3n) is 4.14. The summed E-state index contributed by atoms with van der Waals surface area (Å²) in [7, 11) is 1.73. The molecule has 0 saturated heterocycles. The molecule has 0 spiro atoms. The van der Waals surface area contributed by atoms with Crippen LogP contribution in [0.4, 0.5) is 0 Å². The molecule has 2 rings (SSSR count). The van der Waals surface area contributed by atoms with Crippen molar-refractivity contribution >= 4 is 0 Å². The molecule has 0 aliphatic heterocycles. The summed E-state index contributed by atoms with van der Waals surface area (Å²) in [6.07, 6.45) is 4.78. The molecule has 1 aromatic carbocycles. The number of nitrogens with one attached hydrogen (secondary N) is 1. The van der Waals surface area contributed by atoms with Crippen molar-refractivity contribution in [3.63, 3.8) is 0 Å². The van der Waals surface area contributed by atoms with Crippen LogP contribution in [0.2, 0.25) is 0 Å². The maximum Gasteiger partial charge on any atom is 0.119 e. The molecule has 1 aromatic rings. The Kier molecular flexibility index (Phi) is 6.52. The summed E-state index contributed by atoms with van der Waals surface area (Å²) in [5.41, 5.74) is 2.86. The van der Waals surface area contributed by atoms with Crippen molar-refractivity contribution < 1.29 is 9.47 Å². The highest BCUT2D eigenvalue weighted by Crippen LogP contribution is 2.32. The van der Waals surface area contributed by atoms with Gasteiger partial charge in [0.25, 0.3) is 0 Å². The van der Waals surface area contributed by atoms with Gasteiger partial charge < -0.3 is 14.8 Å². The van der Waals surface area contributed by atoms with Crippen molar-refractivity contribution in [3.05, 3.63) is 29.3 Å². The Labute approximate surface area is 129 Å². The first-order valence-corrected chi connectivity index (χ1v) is 8.18. The van der Waals surface area contributed by atoms with E-state index in [1.807, 2.05) is 0 Å². The van der Waals surface area contributed by atoms with Gasteiger partial charge in [-0.05, 0) is 54.9 Å². The maximum absolute atomic E-state index is 5.68. The fourth-order valence-corrected chi connectivity index (χ4v) is 2.84. The summed E-state index contributed by atoms with van der Waals surface area (Å²) in [6.45, 7) is 7.04. The molecule has 3 nitrogen and oxygen atoms in total. The van der Waals surface area contributed by atoms with Gasteiger partial charge in [0.1, 0.15) is 5.75 Å². The Morgan fingerprint density at radius 1 is 1.29 bits per heavy atom. The van der Waals surface area contributed by atoms with E-state index in [-0.39, 0.29) is 0 Å². The van der Waals surface area contributed by atoms with Gasteiger partial charge in [-0.1, -0.05) is 19.9 Å². The minimum atomic E-state index is 0.442. The van der Waals surface area contributed by atoms with Gasteiger partial charge in [-0.2, -0.15) is 0 Å². The number of ether oxygens (including phenoxy) is 2. The maximum atomic E-state index is 5.68. The van der Waals surface area contributed by atoms with Gasteiger partial charge in [-0.15, -0.1) is 0 Å². The van der Waals surface area contributed by atoms with Crippen LogP contribution >= 0.6 is 0 Å². The Bertz CT molecular complexity index is 431. The van der Waals surface area contributed by atoms with Gasteiger partial charge in [-0.25, -0.2) is 0 Å². The molecule has 0 amide bonds. The first-order valence-electron chi connectivity index (χ1n) is 8.18. The van der Waals surface area contributed by atoms with E-state index < -0.39 is 0 Å². The largest absolute Gasteiger partial charge is 0.497 e. The Morgan fingerprint density at radius 2 is 2.14 bits per heavy atom. The smallest absolute Gasteiger partial charge is 0.119 e. The zero-order chi connectivity index (χ0) is 15.1. The SMILES string of the molecule is COc1ccc2c(c1)C(NCCOCCC(C)C)CCC2. The van der Waals surface area contributed by atoms with Gasteiger partial charge in [0.2, 0.25) is 0 Å². The van der Waals surface area contributed by atoms with Crippen molar-refractivity contribution in [1.29, 1.82) is 0 Å². The normalized spacial score (nSPS) is 17.8. The molecule has 0 aromatic heterocycles. The summed E-state index contributed by atoms with van der Waals surface area (Å²) in [6, 6.07) is 6.90. The molecule has 21 heavy (non-hydrogen) atoms. The van der Waals surface area contributed by atoms with Crippen LogP contribution in [0.3, 0.4) is 0 Å². The van der Waals surface area contributed by atoms with Crippen LogP contribution in [-0.2, 0) is 11.2 Å². The molecule has 1 atom stereocenters. The average molecular weight is 291 g/mol. The predicted molar refractivity (Wildman–Crippen MR) is 86.9 cm³/mol. The second kappa shape index (κ2) is 8.40. The van der Waals surface area contributed by atoms with Crippen molar-refractivity contribution in [1.82, 2.24) is 5.32 Å². The van der Waals surface area contributed by atoms with E-state index >= 15 is 0 Å². The number of hydrogen-bond donors (Lipinski definition) is 1. The van der Waals surface area contributed by atoms with E-state index in [1.54, 1.807) is 7.11 Å². The lowest BCUT2D eigenvalue weighted by Gasteiger charge is -2.27. The van der Waals surface area contributed by atoms with Crippen molar-refractivity contribution in [2.75, 3.05) is 26.9 Å². The molecule has 118 valence electrons. The van der Waals surface area contributed by atoms with Crippen LogP contribution < -0.4 is 10.1 Å². The molecule has 0 radical (unpaired) electrons. The van der Waals surface area contributed by atoms with Gasteiger partial charge in [-0.3, -0.25) is 0 Å². The van der Waals surface area contributed by atoms with Crippen LogP contribution in [0.1, 0.15) is 50.3 Å². The van der Waals surface area contributed by atoms with Crippen LogP contribution in [0.5, 0.6) is 5.75 Å². The lowest BCUT2D eigenvalue weighted by Crippen LogP contribution is -2.28. The molecule has 1 aliphatic rings. The first-order chi connectivity index (χ1) is 10.2. The van der Waals surface area contributed by atoms with Gasteiger partial charge in [0.15, 0.2) is 0 Å². The number of fused-ring (bicyclic) bond motifs is 1. The summed E-state index contributed by atoms with van der Waals surface area (Å²) in [5, 5.41) is 3.64. The number of rotatable bonds is 8. The third-order valence-corrected chi connectivity index (χ3v) is 4.14. The van der Waals surface area contributed by atoms with Crippen molar-refractivity contribution in [2.45, 2.75) is 45.6 Å². The topological polar surface area (TPSA) is 30.5 Å². The molecule has 0 bridgehead atoms. The summed E-state index contributed by atoms with van der Waals surface area (Å²) in [5.74, 6) is 1.67. The van der Waals surface area contributed by atoms with E-state index in [9.17, 15) is 0 Å². The number of hydrogen-bond acceptors (Lipinski definition) is 3. The van der Waals surface area contributed by atoms with Crippen molar-refractivity contribution in [3.8, 4) is 5.75 Å². The van der Waals surface area contributed by atoms with Crippen LogP contribution in [0, 0.1) is 5.92 Å². The molecular formula is C18H29NO2. The van der Waals surface area contributed by atoms with Gasteiger partial charge in [0, 0.05) is 19.2 Å². The van der Waals surface area contributed by atoms with E-state index in [4.69, 9.17) is 9.47 Å². The predicted octanol–water partition coefficient (Wildman–Crippen LogP) is 3.72. The fraction of sp³-hybridized carbons (Fsp3) is 0.667. The summed E-state index contributed by atoms with van der Waals surface area (Å²) < 4.78 is 11.0. The highest BCUT2D eigenvalue weighted by molar-refractivity contribution is 5.39. The summed E-state index contributed by atoms with van der Waals surface area (Å²) >= 11 is 0. The monoisotopic (exact) mass is 291 g/mol. The molecule has 0 saturated carbocycles. The van der Waals surface area contributed by atoms with Crippen LogP contribution in [0.25, 0.3) is 0 Å². The minimum Gasteiger partial charge on any atom is -0.497 e. The molecule has 1 aliphatic carbocycles. The lowest BCUT2D eigenvalue weighted by molar-refractivity contribution is 0.123. The zero-order valence-corrected chi connectivity index (χ0v) is 13.7. The zero-order valence-electron chi connectivity index (χ0n) is 13.7. The second-order valence-corrected chi connectivity index (χ2v) is 6.26. The van der Waals surface area contributed by atoms with E-state index in [1.165, 1.54) is 30.4 Å². The van der Waals surface area contributed by atoms with Gasteiger partial charge in [0.05, 0.1) is 13.7 Å².